The van der Waals surface area contributed by atoms with Crippen molar-refractivity contribution >= 4 is 34.6 Å². The molecule has 7 nitrogen and oxygen atoms in total. The second-order valence-electron chi connectivity index (χ2n) is 7.76. The number of hydrogen-bond acceptors (Lipinski definition) is 7. The first-order valence-electron chi connectivity index (χ1n) is 9.98. The molecule has 0 atom stereocenters. The highest BCUT2D eigenvalue weighted by Gasteiger charge is 2.33. The molecule has 3 aromatic rings. The van der Waals surface area contributed by atoms with Gasteiger partial charge in [0.25, 0.3) is 0 Å². The third-order valence-corrected chi connectivity index (χ3v) is 7.10. The number of anilines is 2. The zero-order valence-corrected chi connectivity index (χ0v) is 16.9. The van der Waals surface area contributed by atoms with E-state index in [4.69, 9.17) is 0 Å². The summed E-state index contributed by atoms with van der Waals surface area (Å²) in [4.78, 5) is 26.8. The lowest BCUT2D eigenvalue weighted by atomic mass is 9.81. The third kappa shape index (κ3) is 3.41. The van der Waals surface area contributed by atoms with Crippen molar-refractivity contribution in [3.8, 4) is 0 Å². The summed E-state index contributed by atoms with van der Waals surface area (Å²) in [5.41, 5.74) is 0.903. The molecule has 1 N–H and O–H groups in total. The largest absolute Gasteiger partial charge is 0.356 e. The van der Waals surface area contributed by atoms with E-state index in [2.05, 4.69) is 47.8 Å². The van der Waals surface area contributed by atoms with Crippen LogP contribution in [0.2, 0.25) is 0 Å². The molecule has 1 saturated heterocycles. The summed E-state index contributed by atoms with van der Waals surface area (Å²) in [7, 11) is 2.15. The molecule has 0 aromatic carbocycles. The van der Waals surface area contributed by atoms with Crippen LogP contribution in [0.3, 0.4) is 0 Å². The molecule has 0 spiro atoms. The van der Waals surface area contributed by atoms with E-state index in [1.807, 2.05) is 30.4 Å². The summed E-state index contributed by atoms with van der Waals surface area (Å²) in [6.45, 7) is 2.18. The average molecular weight is 396 g/mol. The number of fused-ring (bicyclic) bond motifs is 1. The molecule has 0 radical (unpaired) electrons. The predicted molar refractivity (Wildman–Crippen MR) is 113 cm³/mol. The topological polar surface area (TPSA) is 73.8 Å². The van der Waals surface area contributed by atoms with Gasteiger partial charge in [0.15, 0.2) is 0 Å². The van der Waals surface area contributed by atoms with Gasteiger partial charge >= 0.3 is 0 Å². The van der Waals surface area contributed by atoms with Gasteiger partial charge in [0.1, 0.15) is 17.8 Å². The van der Waals surface area contributed by atoms with Crippen LogP contribution in [0.4, 0.5) is 11.8 Å². The van der Waals surface area contributed by atoms with Crippen LogP contribution in [0, 0.1) is 5.92 Å². The lowest BCUT2D eigenvalue weighted by Gasteiger charge is -2.41. The minimum absolute atomic E-state index is 0.549. The molecule has 1 saturated carbocycles. The standard InChI is InChI=1S/C20H25N7S/c1-26(19-17-4-5-21-18(17)24-13-25-19)15-8-14(9-15)12-28-16-10-22-20(23-11-16)27-6-2-3-7-27/h4-5,10-11,13-15H,2-3,6-9,12H2,1H3,(H,21,24,25)/t14-,15+. The Balaban J connectivity index is 1.13. The van der Waals surface area contributed by atoms with Crippen molar-refractivity contribution in [1.82, 2.24) is 24.9 Å². The van der Waals surface area contributed by atoms with E-state index in [0.29, 0.717) is 6.04 Å². The first-order valence-corrected chi connectivity index (χ1v) is 11.0. The Hall–Kier alpha value is -2.35. The van der Waals surface area contributed by atoms with Crippen molar-refractivity contribution in [1.29, 1.82) is 0 Å². The Morgan fingerprint density at radius 1 is 1.14 bits per heavy atom. The highest BCUT2D eigenvalue weighted by Crippen LogP contribution is 2.38. The maximum Gasteiger partial charge on any atom is 0.225 e. The van der Waals surface area contributed by atoms with Crippen LogP contribution >= 0.6 is 11.8 Å². The van der Waals surface area contributed by atoms with E-state index in [9.17, 15) is 0 Å². The molecule has 0 amide bonds. The number of thioether (sulfide) groups is 1. The molecule has 0 unspecified atom stereocenters. The molecule has 1 aliphatic carbocycles. The van der Waals surface area contributed by atoms with Crippen molar-refractivity contribution in [2.24, 2.45) is 5.92 Å². The zero-order valence-electron chi connectivity index (χ0n) is 16.1. The number of aromatic amines is 1. The lowest BCUT2D eigenvalue weighted by molar-refractivity contribution is 0.286. The van der Waals surface area contributed by atoms with Crippen molar-refractivity contribution in [3.63, 3.8) is 0 Å². The summed E-state index contributed by atoms with van der Waals surface area (Å²) >= 11 is 1.88. The molecule has 4 heterocycles. The number of hydrogen-bond donors (Lipinski definition) is 1. The molecular formula is C20H25N7S. The molecule has 3 aromatic heterocycles. The van der Waals surface area contributed by atoms with Gasteiger partial charge in [0, 0.05) is 55.4 Å². The summed E-state index contributed by atoms with van der Waals surface area (Å²) in [5.74, 6) is 3.76. The fourth-order valence-electron chi connectivity index (χ4n) is 4.14. The van der Waals surface area contributed by atoms with Crippen LogP contribution in [0.15, 0.2) is 35.9 Å². The van der Waals surface area contributed by atoms with E-state index in [0.717, 1.165) is 47.6 Å². The first-order chi connectivity index (χ1) is 13.8. The van der Waals surface area contributed by atoms with E-state index in [1.165, 1.54) is 30.6 Å². The van der Waals surface area contributed by atoms with Gasteiger partial charge in [0.05, 0.1) is 5.39 Å². The number of aromatic nitrogens is 5. The van der Waals surface area contributed by atoms with Crippen molar-refractivity contribution in [2.45, 2.75) is 36.6 Å². The van der Waals surface area contributed by atoms with Crippen LogP contribution in [-0.4, -0.2) is 56.9 Å². The Bertz CT molecular complexity index is 929. The van der Waals surface area contributed by atoms with E-state index in [-0.39, 0.29) is 0 Å². The average Bonchev–Trinajstić information content (AvgIpc) is 3.38. The Kier molecular flexibility index (Phi) is 4.80. The normalized spacial score (nSPS) is 21.8. The second kappa shape index (κ2) is 7.58. The maximum atomic E-state index is 4.56. The van der Waals surface area contributed by atoms with Crippen LogP contribution in [0.25, 0.3) is 11.0 Å². The number of rotatable bonds is 6. The highest BCUT2D eigenvalue weighted by molar-refractivity contribution is 7.99. The van der Waals surface area contributed by atoms with Crippen LogP contribution < -0.4 is 9.80 Å². The van der Waals surface area contributed by atoms with Gasteiger partial charge < -0.3 is 14.8 Å². The van der Waals surface area contributed by atoms with Crippen molar-refractivity contribution in [3.05, 3.63) is 31.0 Å². The molecule has 8 heteroatoms. The van der Waals surface area contributed by atoms with Gasteiger partial charge in [-0.05, 0) is 37.7 Å². The summed E-state index contributed by atoms with van der Waals surface area (Å²) in [6, 6.07) is 2.60. The monoisotopic (exact) mass is 395 g/mol. The smallest absolute Gasteiger partial charge is 0.225 e. The minimum Gasteiger partial charge on any atom is -0.356 e. The Morgan fingerprint density at radius 2 is 1.93 bits per heavy atom. The van der Waals surface area contributed by atoms with Gasteiger partial charge in [-0.3, -0.25) is 0 Å². The predicted octanol–water partition coefficient (Wildman–Crippen LogP) is 3.36. The molecule has 28 heavy (non-hydrogen) atoms. The number of H-pyrrole nitrogens is 1. The third-order valence-electron chi connectivity index (χ3n) is 5.91. The quantitative estimate of drug-likeness (QED) is 0.642. The maximum absolute atomic E-state index is 4.56. The molecule has 146 valence electrons. The van der Waals surface area contributed by atoms with Crippen molar-refractivity contribution < 1.29 is 0 Å². The fourth-order valence-corrected chi connectivity index (χ4v) is 5.10. The Labute approximate surface area is 169 Å². The minimum atomic E-state index is 0.549. The van der Waals surface area contributed by atoms with Gasteiger partial charge in [-0.15, -0.1) is 11.8 Å². The highest BCUT2D eigenvalue weighted by atomic mass is 32.2. The van der Waals surface area contributed by atoms with Crippen molar-refractivity contribution in [2.75, 3.05) is 35.7 Å². The van der Waals surface area contributed by atoms with Gasteiger partial charge in [0.2, 0.25) is 5.95 Å². The second-order valence-corrected chi connectivity index (χ2v) is 8.86. The summed E-state index contributed by atoms with van der Waals surface area (Å²) < 4.78 is 0. The number of nitrogens with one attached hydrogen (secondary N) is 1. The van der Waals surface area contributed by atoms with Gasteiger partial charge in [-0.1, -0.05) is 0 Å². The first kappa shape index (κ1) is 17.7. The summed E-state index contributed by atoms with van der Waals surface area (Å²) in [6.07, 6.45) is 12.4. The van der Waals surface area contributed by atoms with Crippen LogP contribution in [0.1, 0.15) is 25.7 Å². The SMILES string of the molecule is CN(c1ncnc2[nH]ccc12)[C@H]1C[C@@H](CSc2cnc(N3CCCC3)nc2)C1. The van der Waals surface area contributed by atoms with Crippen LogP contribution in [0.5, 0.6) is 0 Å². The molecular weight excluding hydrogens is 370 g/mol. The molecule has 1 aliphatic heterocycles. The van der Waals surface area contributed by atoms with Gasteiger partial charge in [-0.2, -0.15) is 0 Å². The Morgan fingerprint density at radius 3 is 2.71 bits per heavy atom. The van der Waals surface area contributed by atoms with E-state index in [1.54, 1.807) is 6.33 Å². The molecule has 0 bridgehead atoms. The zero-order chi connectivity index (χ0) is 18.9. The van der Waals surface area contributed by atoms with E-state index >= 15 is 0 Å². The lowest BCUT2D eigenvalue weighted by Crippen LogP contribution is -2.43. The molecule has 2 aliphatic rings. The summed E-state index contributed by atoms with van der Waals surface area (Å²) in [5, 5.41) is 1.10. The van der Waals surface area contributed by atoms with Crippen LogP contribution in [-0.2, 0) is 0 Å². The van der Waals surface area contributed by atoms with Gasteiger partial charge in [-0.25, -0.2) is 19.9 Å². The molecule has 2 fully saturated rings. The fraction of sp³-hybridized carbons (Fsp3) is 0.500. The van der Waals surface area contributed by atoms with E-state index < -0.39 is 0 Å². The number of nitrogens with zero attached hydrogens (tertiary/aromatic N) is 6. The molecule has 5 rings (SSSR count).